The van der Waals surface area contributed by atoms with Crippen molar-refractivity contribution in [3.8, 4) is 28.3 Å². The van der Waals surface area contributed by atoms with Crippen LogP contribution in [0.4, 0.5) is 10.2 Å². The molecule has 8 rings (SSSR count). The van der Waals surface area contributed by atoms with Crippen LogP contribution in [0.3, 0.4) is 0 Å². The number of fused-ring (bicyclic) bond motifs is 3. The number of rotatable bonds is 4. The third kappa shape index (κ3) is 3.80. The van der Waals surface area contributed by atoms with Gasteiger partial charge in [0.05, 0.1) is 47.3 Å². The second-order valence-electron chi connectivity index (χ2n) is 9.97. The van der Waals surface area contributed by atoms with E-state index in [9.17, 15) is 14.4 Å². The molecule has 0 radical (unpaired) electrons. The van der Waals surface area contributed by atoms with Crippen molar-refractivity contribution >= 4 is 17.2 Å². The molecule has 0 aromatic carbocycles. The molecular formula is C28H22FN9O. The summed E-state index contributed by atoms with van der Waals surface area (Å²) in [6, 6.07) is 9.57. The van der Waals surface area contributed by atoms with Gasteiger partial charge in [-0.2, -0.15) is 15.5 Å². The summed E-state index contributed by atoms with van der Waals surface area (Å²) in [5, 5.41) is 18.4. The summed E-state index contributed by atoms with van der Waals surface area (Å²) < 4.78 is 17.1. The summed E-state index contributed by atoms with van der Waals surface area (Å²) in [6.07, 6.45) is 12.4. The van der Waals surface area contributed by atoms with Crippen molar-refractivity contribution in [2.45, 2.75) is 18.5 Å². The molecule has 8 heterocycles. The van der Waals surface area contributed by atoms with Crippen LogP contribution in [0.2, 0.25) is 0 Å². The SMILES string of the molecule is Cn1cc(-c2cc(-c3ccc(N4CC5CC(C4)N5C(=O)c4cncc(F)c4)nc3)c3c(C#N)cnn3c2)cn1. The monoisotopic (exact) mass is 519 g/mol. The van der Waals surface area contributed by atoms with Crippen molar-refractivity contribution in [2.24, 2.45) is 7.05 Å². The van der Waals surface area contributed by atoms with Crippen LogP contribution in [0.25, 0.3) is 27.8 Å². The van der Waals surface area contributed by atoms with Crippen molar-refractivity contribution in [1.29, 1.82) is 5.26 Å². The van der Waals surface area contributed by atoms with Gasteiger partial charge in [0.1, 0.15) is 17.7 Å². The Balaban J connectivity index is 1.16. The molecular weight excluding hydrogens is 497 g/mol. The Morgan fingerprint density at radius 1 is 1.00 bits per heavy atom. The average Bonchev–Trinajstić information content (AvgIpc) is 3.58. The summed E-state index contributed by atoms with van der Waals surface area (Å²) in [6.45, 7) is 1.30. The zero-order chi connectivity index (χ0) is 26.7. The number of nitriles is 1. The second kappa shape index (κ2) is 8.73. The first kappa shape index (κ1) is 23.0. The molecule has 39 heavy (non-hydrogen) atoms. The van der Waals surface area contributed by atoms with Gasteiger partial charge in [-0.05, 0) is 30.7 Å². The molecule has 1 amide bonds. The quantitative estimate of drug-likeness (QED) is 0.358. The lowest BCUT2D eigenvalue weighted by molar-refractivity contribution is 0.00569. The lowest BCUT2D eigenvalue weighted by atomic mass is 9.86. The Hall–Kier alpha value is -5.11. The van der Waals surface area contributed by atoms with Crippen LogP contribution in [-0.4, -0.2) is 65.3 Å². The predicted molar refractivity (Wildman–Crippen MR) is 140 cm³/mol. The van der Waals surface area contributed by atoms with E-state index < -0.39 is 5.82 Å². The van der Waals surface area contributed by atoms with E-state index in [-0.39, 0.29) is 23.6 Å². The fourth-order valence-corrected chi connectivity index (χ4v) is 5.69. The molecule has 0 aliphatic carbocycles. The summed E-state index contributed by atoms with van der Waals surface area (Å²) in [5.74, 6) is 0.123. The highest BCUT2D eigenvalue weighted by Crippen LogP contribution is 2.36. The Morgan fingerprint density at radius 2 is 1.85 bits per heavy atom. The Labute approximate surface area is 222 Å². The molecule has 2 bridgehead atoms. The molecule has 11 heteroatoms. The number of carbonyl (C=O) groups excluding carboxylic acids is 1. The van der Waals surface area contributed by atoms with E-state index >= 15 is 0 Å². The van der Waals surface area contributed by atoms with E-state index in [2.05, 4.69) is 26.2 Å². The van der Waals surface area contributed by atoms with Crippen LogP contribution in [0.1, 0.15) is 22.3 Å². The Morgan fingerprint density at radius 3 is 2.54 bits per heavy atom. The molecule has 0 spiro atoms. The highest BCUT2D eigenvalue weighted by molar-refractivity contribution is 5.95. The van der Waals surface area contributed by atoms with Crippen molar-refractivity contribution < 1.29 is 9.18 Å². The van der Waals surface area contributed by atoms with Gasteiger partial charge in [-0.1, -0.05) is 0 Å². The number of halogens is 1. The van der Waals surface area contributed by atoms with Gasteiger partial charge in [0, 0.05) is 67.2 Å². The van der Waals surface area contributed by atoms with Crippen LogP contribution in [0.15, 0.2) is 67.6 Å². The van der Waals surface area contributed by atoms with Gasteiger partial charge < -0.3 is 9.80 Å². The molecule has 3 saturated heterocycles. The number of pyridine rings is 3. The minimum Gasteiger partial charge on any atom is -0.352 e. The van der Waals surface area contributed by atoms with Crippen LogP contribution >= 0.6 is 0 Å². The first-order chi connectivity index (χ1) is 19.0. The number of anilines is 1. The third-order valence-electron chi connectivity index (χ3n) is 7.53. The molecule has 10 nitrogen and oxygen atoms in total. The highest BCUT2D eigenvalue weighted by Gasteiger charge is 2.47. The minimum atomic E-state index is -0.515. The molecule has 192 valence electrons. The van der Waals surface area contributed by atoms with Gasteiger partial charge in [0.25, 0.3) is 5.91 Å². The van der Waals surface area contributed by atoms with Crippen LogP contribution in [-0.2, 0) is 7.05 Å². The summed E-state index contributed by atoms with van der Waals surface area (Å²) in [7, 11) is 1.87. The third-order valence-corrected chi connectivity index (χ3v) is 7.53. The molecule has 2 atom stereocenters. The largest absolute Gasteiger partial charge is 0.352 e. The second-order valence-corrected chi connectivity index (χ2v) is 9.97. The maximum Gasteiger partial charge on any atom is 0.256 e. The molecule has 3 aliphatic rings. The first-order valence-electron chi connectivity index (χ1n) is 12.5. The molecule has 3 fully saturated rings. The smallest absolute Gasteiger partial charge is 0.256 e. The van der Waals surface area contributed by atoms with E-state index in [0.717, 1.165) is 46.2 Å². The van der Waals surface area contributed by atoms with Crippen molar-refractivity contribution in [2.75, 3.05) is 18.0 Å². The van der Waals surface area contributed by atoms with Crippen molar-refractivity contribution in [3.05, 3.63) is 84.6 Å². The highest BCUT2D eigenvalue weighted by atomic mass is 19.1. The number of aromatic nitrogens is 6. The molecule has 2 unspecified atom stereocenters. The van der Waals surface area contributed by atoms with Gasteiger partial charge in [-0.3, -0.25) is 14.5 Å². The number of piperidine rings is 1. The summed E-state index contributed by atoms with van der Waals surface area (Å²) in [4.78, 5) is 25.5. The number of hydrogen-bond donors (Lipinski definition) is 0. The molecule has 0 N–H and O–H groups in total. The number of aryl methyl sites for hydroxylation is 1. The van der Waals surface area contributed by atoms with Gasteiger partial charge in [-0.25, -0.2) is 13.9 Å². The van der Waals surface area contributed by atoms with Crippen molar-refractivity contribution in [3.63, 3.8) is 0 Å². The number of piperazine rings is 1. The Kier molecular flexibility index (Phi) is 5.16. The fourth-order valence-electron chi connectivity index (χ4n) is 5.69. The molecule has 0 saturated carbocycles. The van der Waals surface area contributed by atoms with E-state index in [4.69, 9.17) is 4.98 Å². The number of amides is 1. The number of hydrogen-bond acceptors (Lipinski definition) is 7. The number of nitrogens with zero attached hydrogens (tertiary/aromatic N) is 9. The van der Waals surface area contributed by atoms with E-state index in [0.29, 0.717) is 18.7 Å². The van der Waals surface area contributed by atoms with E-state index in [1.54, 1.807) is 21.6 Å². The maximum atomic E-state index is 13.6. The van der Waals surface area contributed by atoms with Crippen LogP contribution < -0.4 is 4.90 Å². The standard InChI is InChI=1S/C28H22FN9O/c1-35-13-21(11-33-35)19-5-25(27-20(7-30)10-34-37(27)14-19)17-2-3-26(32-9-17)36-15-23-6-24(16-36)38(23)28(39)18-4-22(29)12-31-8-18/h2-5,8-14,23-24H,6,15-16H2,1H3. The average molecular weight is 520 g/mol. The topological polar surface area (TPSA) is 108 Å². The number of carbonyl (C=O) groups is 1. The lowest BCUT2D eigenvalue weighted by Crippen LogP contribution is -2.70. The fraction of sp³-hybridized carbons (Fsp3) is 0.214. The van der Waals surface area contributed by atoms with Gasteiger partial charge >= 0.3 is 0 Å². The lowest BCUT2D eigenvalue weighted by Gasteiger charge is -2.56. The molecule has 5 aromatic heterocycles. The summed E-state index contributed by atoms with van der Waals surface area (Å²) in [5.41, 5.74) is 5.07. The zero-order valence-corrected chi connectivity index (χ0v) is 20.9. The van der Waals surface area contributed by atoms with Crippen LogP contribution in [0.5, 0.6) is 0 Å². The van der Waals surface area contributed by atoms with E-state index in [1.165, 1.54) is 12.3 Å². The van der Waals surface area contributed by atoms with Gasteiger partial charge in [0.2, 0.25) is 0 Å². The minimum absolute atomic E-state index is 0.0433. The molecule has 3 aliphatic heterocycles. The maximum absolute atomic E-state index is 13.6. The molecule has 5 aromatic rings. The predicted octanol–water partition coefficient (Wildman–Crippen LogP) is 3.31. The first-order valence-corrected chi connectivity index (χ1v) is 12.5. The zero-order valence-electron chi connectivity index (χ0n) is 20.9. The van der Waals surface area contributed by atoms with Crippen molar-refractivity contribution in [1.82, 2.24) is 34.3 Å². The van der Waals surface area contributed by atoms with E-state index in [1.807, 2.05) is 48.7 Å². The normalized spacial score (nSPS) is 18.2. The van der Waals surface area contributed by atoms with Gasteiger partial charge in [-0.15, -0.1) is 0 Å². The Bertz CT molecular complexity index is 1770. The summed E-state index contributed by atoms with van der Waals surface area (Å²) >= 11 is 0. The van der Waals surface area contributed by atoms with Gasteiger partial charge in [0.15, 0.2) is 0 Å². The van der Waals surface area contributed by atoms with Crippen LogP contribution in [0, 0.1) is 17.1 Å².